The lowest BCUT2D eigenvalue weighted by Gasteiger charge is -2.22. The summed E-state index contributed by atoms with van der Waals surface area (Å²) >= 11 is 0. The number of hydrogen-bond acceptors (Lipinski definition) is 4. The fourth-order valence-electron chi connectivity index (χ4n) is 1.92. The number of carbonyl (C=O) groups is 1. The summed E-state index contributed by atoms with van der Waals surface area (Å²) in [6.07, 6.45) is 2.97. The van der Waals surface area contributed by atoms with Crippen molar-refractivity contribution in [2.75, 3.05) is 6.61 Å². The van der Waals surface area contributed by atoms with Gasteiger partial charge in [0.15, 0.2) is 6.61 Å². The summed E-state index contributed by atoms with van der Waals surface area (Å²) in [5.74, 6) is 0.950. The Hall–Kier alpha value is -2.56. The van der Waals surface area contributed by atoms with Crippen LogP contribution in [0.4, 0.5) is 0 Å². The van der Waals surface area contributed by atoms with Crippen molar-refractivity contribution in [2.24, 2.45) is 5.10 Å². The van der Waals surface area contributed by atoms with Gasteiger partial charge in [0.1, 0.15) is 11.5 Å². The number of ether oxygens (including phenoxy) is 1. The van der Waals surface area contributed by atoms with Crippen molar-refractivity contribution in [1.82, 2.24) is 5.43 Å². The van der Waals surface area contributed by atoms with E-state index in [9.17, 15) is 4.79 Å². The first kappa shape index (κ1) is 15.8. The van der Waals surface area contributed by atoms with Crippen LogP contribution in [0.3, 0.4) is 0 Å². The van der Waals surface area contributed by atoms with Crippen molar-refractivity contribution in [3.63, 3.8) is 0 Å². The van der Waals surface area contributed by atoms with E-state index in [2.05, 4.69) is 31.3 Å². The number of rotatable bonds is 5. The zero-order valence-electron chi connectivity index (χ0n) is 13.0. The summed E-state index contributed by atoms with van der Waals surface area (Å²) in [4.78, 5) is 11.7. The molecule has 0 radical (unpaired) electrons. The van der Waals surface area contributed by atoms with Gasteiger partial charge in [0.2, 0.25) is 0 Å². The molecule has 1 heterocycles. The standard InChI is InChI=1S/C17H20N2O3/c1-17(2,3)14-8-4-5-9-15(14)22-12-16(20)19-18-11-13-7-6-10-21-13/h4-11H,12H2,1-3H3,(H,19,20)/b18-11+. The maximum absolute atomic E-state index is 11.7. The third-order valence-electron chi connectivity index (χ3n) is 2.98. The van der Waals surface area contributed by atoms with Crippen LogP contribution in [0, 0.1) is 0 Å². The lowest BCUT2D eigenvalue weighted by atomic mass is 9.86. The molecule has 1 amide bonds. The van der Waals surface area contributed by atoms with E-state index >= 15 is 0 Å². The third kappa shape index (κ3) is 4.48. The van der Waals surface area contributed by atoms with Crippen LogP contribution in [0.2, 0.25) is 0 Å². The smallest absolute Gasteiger partial charge is 0.277 e. The van der Waals surface area contributed by atoms with Gasteiger partial charge < -0.3 is 9.15 Å². The van der Waals surface area contributed by atoms with Crippen molar-refractivity contribution in [3.8, 4) is 5.75 Å². The van der Waals surface area contributed by atoms with Crippen LogP contribution in [-0.2, 0) is 10.2 Å². The third-order valence-corrected chi connectivity index (χ3v) is 2.98. The van der Waals surface area contributed by atoms with Gasteiger partial charge in [0.05, 0.1) is 12.5 Å². The zero-order valence-corrected chi connectivity index (χ0v) is 13.0. The van der Waals surface area contributed by atoms with E-state index in [1.165, 1.54) is 12.5 Å². The Balaban J connectivity index is 1.89. The monoisotopic (exact) mass is 300 g/mol. The second kappa shape index (κ2) is 6.93. The van der Waals surface area contributed by atoms with Crippen molar-refractivity contribution >= 4 is 12.1 Å². The number of hydrogen-bond donors (Lipinski definition) is 1. The molecule has 5 nitrogen and oxygen atoms in total. The molecule has 0 aliphatic heterocycles. The molecule has 0 aliphatic carbocycles. The van der Waals surface area contributed by atoms with Crippen molar-refractivity contribution < 1.29 is 13.9 Å². The van der Waals surface area contributed by atoms with Crippen molar-refractivity contribution in [2.45, 2.75) is 26.2 Å². The Morgan fingerprint density at radius 2 is 2.05 bits per heavy atom. The zero-order chi connectivity index (χ0) is 16.0. The highest BCUT2D eigenvalue weighted by atomic mass is 16.5. The van der Waals surface area contributed by atoms with E-state index in [0.29, 0.717) is 11.5 Å². The van der Waals surface area contributed by atoms with Gasteiger partial charge in [-0.3, -0.25) is 4.79 Å². The number of nitrogens with one attached hydrogen (secondary N) is 1. The van der Waals surface area contributed by atoms with Crippen LogP contribution in [0.15, 0.2) is 52.2 Å². The Labute approximate surface area is 130 Å². The van der Waals surface area contributed by atoms with Gasteiger partial charge in [-0.25, -0.2) is 5.43 Å². The molecule has 0 fully saturated rings. The molecule has 0 atom stereocenters. The van der Waals surface area contributed by atoms with Gasteiger partial charge in [-0.1, -0.05) is 39.0 Å². The molecule has 2 aromatic rings. The molecule has 1 aromatic carbocycles. The number of amides is 1. The summed E-state index contributed by atoms with van der Waals surface area (Å²) in [6, 6.07) is 11.2. The summed E-state index contributed by atoms with van der Waals surface area (Å²) < 4.78 is 10.7. The highest BCUT2D eigenvalue weighted by molar-refractivity contribution is 5.81. The van der Waals surface area contributed by atoms with Crippen LogP contribution in [-0.4, -0.2) is 18.7 Å². The number of hydrazone groups is 1. The molecule has 0 aliphatic rings. The van der Waals surface area contributed by atoms with Gasteiger partial charge in [0.25, 0.3) is 5.91 Å². The minimum absolute atomic E-state index is 0.0511. The highest BCUT2D eigenvalue weighted by Gasteiger charge is 2.18. The Bertz CT molecular complexity index is 640. The van der Waals surface area contributed by atoms with E-state index in [1.807, 2.05) is 24.3 Å². The minimum atomic E-state index is -0.327. The lowest BCUT2D eigenvalue weighted by molar-refractivity contribution is -0.123. The summed E-state index contributed by atoms with van der Waals surface area (Å²) in [5, 5.41) is 3.80. The van der Waals surface area contributed by atoms with E-state index in [4.69, 9.17) is 9.15 Å². The Morgan fingerprint density at radius 1 is 1.27 bits per heavy atom. The van der Waals surface area contributed by atoms with Crippen molar-refractivity contribution in [3.05, 3.63) is 54.0 Å². The van der Waals surface area contributed by atoms with Crippen LogP contribution >= 0.6 is 0 Å². The maximum Gasteiger partial charge on any atom is 0.277 e. The van der Waals surface area contributed by atoms with E-state index in [-0.39, 0.29) is 17.9 Å². The molecule has 116 valence electrons. The summed E-state index contributed by atoms with van der Waals surface area (Å²) in [6.45, 7) is 6.21. The number of carbonyl (C=O) groups excluding carboxylic acids is 1. The second-order valence-electron chi connectivity index (χ2n) is 5.84. The first-order chi connectivity index (χ1) is 10.5. The molecule has 0 unspecified atom stereocenters. The predicted octanol–water partition coefficient (Wildman–Crippen LogP) is 3.11. The summed E-state index contributed by atoms with van der Waals surface area (Å²) in [5.41, 5.74) is 3.40. The molecule has 5 heteroatoms. The van der Waals surface area contributed by atoms with Gasteiger partial charge >= 0.3 is 0 Å². The van der Waals surface area contributed by atoms with Gasteiger partial charge in [-0.15, -0.1) is 0 Å². The average Bonchev–Trinajstić information content (AvgIpc) is 2.98. The SMILES string of the molecule is CC(C)(C)c1ccccc1OCC(=O)N/N=C/c1ccco1. The van der Waals surface area contributed by atoms with E-state index < -0.39 is 0 Å². The Kier molecular flexibility index (Phi) is 4.99. The highest BCUT2D eigenvalue weighted by Crippen LogP contribution is 2.30. The van der Waals surface area contributed by atoms with Crippen LogP contribution in [0.1, 0.15) is 32.1 Å². The van der Waals surface area contributed by atoms with Crippen LogP contribution < -0.4 is 10.2 Å². The molecule has 22 heavy (non-hydrogen) atoms. The molecule has 0 spiro atoms. The van der Waals surface area contributed by atoms with Gasteiger partial charge in [0, 0.05) is 0 Å². The molecule has 2 rings (SSSR count). The minimum Gasteiger partial charge on any atom is -0.483 e. The maximum atomic E-state index is 11.7. The molecule has 0 saturated carbocycles. The first-order valence-corrected chi connectivity index (χ1v) is 7.04. The van der Waals surface area contributed by atoms with E-state index in [0.717, 1.165) is 5.56 Å². The quantitative estimate of drug-likeness (QED) is 0.681. The molecular formula is C17H20N2O3. The fourth-order valence-corrected chi connectivity index (χ4v) is 1.92. The average molecular weight is 300 g/mol. The largest absolute Gasteiger partial charge is 0.483 e. The normalized spacial score (nSPS) is 11.6. The predicted molar refractivity (Wildman–Crippen MR) is 85.1 cm³/mol. The van der Waals surface area contributed by atoms with Crippen LogP contribution in [0.25, 0.3) is 0 Å². The molecule has 1 aromatic heterocycles. The molecule has 1 N–H and O–H groups in total. The number of nitrogens with zero attached hydrogens (tertiary/aromatic N) is 1. The fraction of sp³-hybridized carbons (Fsp3) is 0.294. The second-order valence-corrected chi connectivity index (χ2v) is 5.84. The van der Waals surface area contributed by atoms with Gasteiger partial charge in [-0.2, -0.15) is 5.10 Å². The first-order valence-electron chi connectivity index (χ1n) is 7.04. The molecular weight excluding hydrogens is 280 g/mol. The molecule has 0 bridgehead atoms. The van der Waals surface area contributed by atoms with Crippen LogP contribution in [0.5, 0.6) is 5.75 Å². The summed E-state index contributed by atoms with van der Waals surface area (Å²) in [7, 11) is 0. The number of furan rings is 1. The lowest BCUT2D eigenvalue weighted by Crippen LogP contribution is -2.25. The molecule has 0 saturated heterocycles. The van der Waals surface area contributed by atoms with E-state index in [1.54, 1.807) is 12.1 Å². The van der Waals surface area contributed by atoms with Gasteiger partial charge in [-0.05, 0) is 29.2 Å². The number of benzene rings is 1. The topological polar surface area (TPSA) is 63.8 Å². The van der Waals surface area contributed by atoms with Crippen molar-refractivity contribution in [1.29, 1.82) is 0 Å². The number of para-hydroxylation sites is 1. The Morgan fingerprint density at radius 3 is 2.73 bits per heavy atom.